The summed E-state index contributed by atoms with van der Waals surface area (Å²) in [4.78, 5) is 42.2. The van der Waals surface area contributed by atoms with Crippen molar-refractivity contribution in [3.05, 3.63) is 9.81 Å². The Balaban J connectivity index is 3.84. The largest absolute Gasteiger partial charge is 0.353 e. The fraction of sp³-hybridized carbons (Fsp3) is 0.556. The molecular weight excluding hydrogens is 256 g/mol. The Morgan fingerprint density at radius 3 is 1.58 bits per heavy atom. The fourth-order valence-corrected chi connectivity index (χ4v) is 0.965. The first-order valence-electron chi connectivity index (χ1n) is 5.10. The summed E-state index contributed by atoms with van der Waals surface area (Å²) in [6.07, 6.45) is 0.283. The average Bonchev–Trinajstić information content (AvgIpc) is 2.41. The van der Waals surface area contributed by atoms with E-state index in [4.69, 9.17) is 10.5 Å². The molecule has 0 aromatic heterocycles. The van der Waals surface area contributed by atoms with Gasteiger partial charge in [-0.15, -0.1) is 9.81 Å². The predicted octanol–water partition coefficient (Wildman–Crippen LogP) is -1.07. The van der Waals surface area contributed by atoms with Gasteiger partial charge in [0.25, 0.3) is 23.9 Å². The second-order valence-corrected chi connectivity index (χ2v) is 3.21. The first kappa shape index (κ1) is 16.1. The molecule has 0 radical (unpaired) electrons. The van der Waals surface area contributed by atoms with Crippen LogP contribution in [0.15, 0.2) is 10.4 Å². The Hall–Kier alpha value is -2.88. The summed E-state index contributed by atoms with van der Waals surface area (Å²) < 4.78 is 0. The number of carbonyl (C=O) groups excluding carboxylic acids is 2. The summed E-state index contributed by atoms with van der Waals surface area (Å²) in [5.74, 6) is -1.65. The third kappa shape index (κ3) is 5.83. The van der Waals surface area contributed by atoms with E-state index in [0.29, 0.717) is 0 Å². The van der Waals surface area contributed by atoms with Crippen molar-refractivity contribution in [2.45, 2.75) is 18.5 Å². The maximum Gasteiger partial charge on any atom is 0.263 e. The van der Waals surface area contributed by atoms with Gasteiger partial charge in [-0.25, -0.2) is 0 Å². The molecule has 2 N–H and O–H groups in total. The minimum absolute atomic E-state index is 0.0958. The monoisotopic (exact) mass is 266 g/mol. The Bertz CT molecular complexity index is 397. The van der Waals surface area contributed by atoms with Gasteiger partial charge in [0, 0.05) is 13.1 Å². The number of hydrogen-bond acceptors (Lipinski definition) is 8. The van der Waals surface area contributed by atoms with Crippen molar-refractivity contribution in [3.8, 4) is 12.1 Å². The van der Waals surface area contributed by atoms with Crippen molar-refractivity contribution in [1.82, 2.24) is 10.6 Å². The van der Waals surface area contributed by atoms with E-state index in [1.54, 1.807) is 0 Å². The van der Waals surface area contributed by atoms with Crippen molar-refractivity contribution < 1.29 is 9.59 Å². The van der Waals surface area contributed by atoms with E-state index in [9.17, 15) is 19.4 Å². The molecule has 0 spiro atoms. The van der Waals surface area contributed by atoms with Crippen molar-refractivity contribution >= 4 is 11.8 Å². The molecule has 0 aliphatic carbocycles. The van der Waals surface area contributed by atoms with Gasteiger partial charge in [0.1, 0.15) is 12.1 Å². The lowest BCUT2D eigenvalue weighted by Crippen LogP contribution is -2.36. The van der Waals surface area contributed by atoms with Crippen molar-refractivity contribution in [2.75, 3.05) is 13.1 Å². The van der Waals surface area contributed by atoms with Crippen molar-refractivity contribution in [2.24, 2.45) is 10.4 Å². The van der Waals surface area contributed by atoms with Gasteiger partial charge in [-0.1, -0.05) is 0 Å². The Kier molecular flexibility index (Phi) is 7.79. The molecule has 2 amide bonds. The molecular formula is C9H10N6O4. The third-order valence-electron chi connectivity index (χ3n) is 1.90. The number of carbonyl (C=O) groups is 2. The number of nitrogens with one attached hydrogen (secondary N) is 2. The summed E-state index contributed by atoms with van der Waals surface area (Å²) in [5, 5.41) is 25.8. The number of nitrogens with zero attached hydrogens (tertiary/aromatic N) is 4. The van der Waals surface area contributed by atoms with Gasteiger partial charge in [-0.05, 0) is 16.8 Å². The average molecular weight is 266 g/mol. The zero-order valence-corrected chi connectivity index (χ0v) is 9.70. The summed E-state index contributed by atoms with van der Waals surface area (Å²) in [5.41, 5.74) is 0. The maximum atomic E-state index is 11.1. The van der Waals surface area contributed by atoms with E-state index in [1.807, 2.05) is 0 Å². The molecule has 2 unspecified atom stereocenters. The first-order chi connectivity index (χ1) is 9.10. The minimum atomic E-state index is -1.60. The van der Waals surface area contributed by atoms with Crippen LogP contribution in [0.25, 0.3) is 0 Å². The van der Waals surface area contributed by atoms with E-state index in [0.717, 1.165) is 0 Å². The molecule has 19 heavy (non-hydrogen) atoms. The minimum Gasteiger partial charge on any atom is -0.353 e. The summed E-state index contributed by atoms with van der Waals surface area (Å²) in [6, 6.07) is -0.407. The van der Waals surface area contributed by atoms with Crippen LogP contribution in [0.5, 0.6) is 0 Å². The number of hydrogen-bond donors (Lipinski definition) is 2. The summed E-state index contributed by atoms with van der Waals surface area (Å²) >= 11 is 0. The highest BCUT2D eigenvalue weighted by atomic mass is 16.3. The van der Waals surface area contributed by atoms with Crippen LogP contribution >= 0.6 is 0 Å². The standard InChI is InChI=1S/C9H10N6O4/c10-4-6(14-18)8(16)12-2-1-3-13-9(17)7(5-11)15-19/h6-7H,1-3H2,(H,12,16)(H,13,17). The SMILES string of the molecule is N#CC(N=O)C(=O)NCCCNC(=O)C(C#N)N=O. The quantitative estimate of drug-likeness (QED) is 0.419. The van der Waals surface area contributed by atoms with Crippen molar-refractivity contribution in [1.29, 1.82) is 10.5 Å². The fourth-order valence-electron chi connectivity index (χ4n) is 0.965. The number of rotatable bonds is 8. The Morgan fingerprint density at radius 1 is 0.947 bits per heavy atom. The molecule has 0 aliphatic heterocycles. The van der Waals surface area contributed by atoms with Crippen LogP contribution in [-0.2, 0) is 9.59 Å². The van der Waals surface area contributed by atoms with Crippen LogP contribution in [0, 0.1) is 32.5 Å². The molecule has 0 saturated heterocycles. The second kappa shape index (κ2) is 9.18. The Morgan fingerprint density at radius 2 is 1.32 bits per heavy atom. The molecule has 0 saturated carbocycles. The zero-order valence-electron chi connectivity index (χ0n) is 9.70. The molecule has 0 aliphatic rings. The van der Waals surface area contributed by atoms with Gasteiger partial charge >= 0.3 is 0 Å². The number of nitriles is 2. The molecule has 0 heterocycles. The van der Waals surface area contributed by atoms with Gasteiger partial charge in [0.15, 0.2) is 0 Å². The smallest absolute Gasteiger partial charge is 0.263 e. The topological polar surface area (TPSA) is 165 Å². The highest BCUT2D eigenvalue weighted by Gasteiger charge is 2.18. The maximum absolute atomic E-state index is 11.1. The van der Waals surface area contributed by atoms with Gasteiger partial charge in [0.2, 0.25) is 0 Å². The van der Waals surface area contributed by atoms with Crippen LogP contribution in [0.3, 0.4) is 0 Å². The highest BCUT2D eigenvalue weighted by Crippen LogP contribution is 1.89. The lowest BCUT2D eigenvalue weighted by atomic mass is 10.3. The van der Waals surface area contributed by atoms with Gasteiger partial charge in [-0.2, -0.15) is 10.5 Å². The van der Waals surface area contributed by atoms with Gasteiger partial charge in [-0.3, -0.25) is 9.59 Å². The van der Waals surface area contributed by atoms with E-state index in [2.05, 4.69) is 21.0 Å². The third-order valence-corrected chi connectivity index (χ3v) is 1.90. The first-order valence-corrected chi connectivity index (χ1v) is 5.10. The van der Waals surface area contributed by atoms with Crippen LogP contribution < -0.4 is 10.6 Å². The van der Waals surface area contributed by atoms with Crippen LogP contribution in [0.2, 0.25) is 0 Å². The molecule has 0 aromatic carbocycles. The molecule has 2 atom stereocenters. The molecule has 10 heteroatoms. The van der Waals surface area contributed by atoms with Crippen molar-refractivity contribution in [3.63, 3.8) is 0 Å². The second-order valence-electron chi connectivity index (χ2n) is 3.21. The molecule has 10 nitrogen and oxygen atoms in total. The molecule has 0 rings (SSSR count). The summed E-state index contributed by atoms with van der Waals surface area (Å²) in [7, 11) is 0. The highest BCUT2D eigenvalue weighted by molar-refractivity contribution is 5.85. The van der Waals surface area contributed by atoms with E-state index in [1.165, 1.54) is 12.1 Å². The van der Waals surface area contributed by atoms with Gasteiger partial charge in [0.05, 0.1) is 0 Å². The summed E-state index contributed by atoms with van der Waals surface area (Å²) in [6.45, 7) is 0.192. The van der Waals surface area contributed by atoms with E-state index >= 15 is 0 Å². The van der Waals surface area contributed by atoms with E-state index in [-0.39, 0.29) is 19.5 Å². The van der Waals surface area contributed by atoms with E-state index < -0.39 is 23.9 Å². The van der Waals surface area contributed by atoms with Crippen LogP contribution in [-0.4, -0.2) is 37.0 Å². The molecule has 0 aromatic rings. The molecule has 0 bridgehead atoms. The zero-order chi connectivity index (χ0) is 14.7. The number of amides is 2. The predicted molar refractivity (Wildman–Crippen MR) is 61.0 cm³/mol. The van der Waals surface area contributed by atoms with Gasteiger partial charge < -0.3 is 10.6 Å². The van der Waals surface area contributed by atoms with Crippen LogP contribution in [0.4, 0.5) is 0 Å². The lowest BCUT2D eigenvalue weighted by Gasteiger charge is -2.06. The number of nitroso groups, excluding NO2 is 2. The Labute approximate surface area is 107 Å². The lowest BCUT2D eigenvalue weighted by molar-refractivity contribution is -0.121. The van der Waals surface area contributed by atoms with Crippen LogP contribution in [0.1, 0.15) is 6.42 Å². The molecule has 0 fully saturated rings. The normalized spacial score (nSPS) is 12.1. The molecule has 100 valence electrons.